The van der Waals surface area contributed by atoms with Crippen molar-refractivity contribution in [2.45, 2.75) is 20.8 Å². The zero-order valence-electron chi connectivity index (χ0n) is 16.0. The molecule has 0 heterocycles. The molecule has 2 aromatic carbocycles. The van der Waals surface area contributed by atoms with E-state index in [2.05, 4.69) is 24.1 Å². The number of amides is 1. The molecule has 0 aliphatic heterocycles. The molecule has 0 bridgehead atoms. The second-order valence-electron chi connectivity index (χ2n) is 5.93. The van der Waals surface area contributed by atoms with Gasteiger partial charge in [0.25, 0.3) is 5.91 Å². The van der Waals surface area contributed by atoms with Gasteiger partial charge in [-0.05, 0) is 62.0 Å². The largest absolute Gasteiger partial charge is 0.492 e. The number of hydrogen-bond acceptors (Lipinski definition) is 4. The first-order chi connectivity index (χ1) is 12.0. The van der Waals surface area contributed by atoms with Crippen LogP contribution in [0, 0.1) is 6.92 Å². The highest BCUT2D eigenvalue weighted by atomic mass is 35.5. The summed E-state index contributed by atoms with van der Waals surface area (Å²) in [5, 5.41) is 2.89. The first kappa shape index (κ1) is 25.1. The lowest BCUT2D eigenvalue weighted by Crippen LogP contribution is -2.27. The summed E-state index contributed by atoms with van der Waals surface area (Å²) in [5.74, 6) is 0.604. The normalized spacial score (nSPS) is 9.93. The van der Waals surface area contributed by atoms with E-state index >= 15 is 0 Å². The summed E-state index contributed by atoms with van der Waals surface area (Å²) in [4.78, 5) is 14.7. The van der Waals surface area contributed by atoms with Gasteiger partial charge in [-0.1, -0.05) is 19.9 Å². The van der Waals surface area contributed by atoms with Crippen LogP contribution in [0.3, 0.4) is 0 Å². The van der Waals surface area contributed by atoms with Gasteiger partial charge in [0.2, 0.25) is 0 Å². The minimum atomic E-state index is -0.164. The van der Waals surface area contributed by atoms with Crippen LogP contribution in [0.4, 0.5) is 11.4 Å². The summed E-state index contributed by atoms with van der Waals surface area (Å²) in [5.41, 5.74) is 8.68. The summed E-state index contributed by atoms with van der Waals surface area (Å²) in [6.07, 6.45) is 0. The lowest BCUT2D eigenvalue weighted by Gasteiger charge is -2.18. The smallest absolute Gasteiger partial charge is 0.255 e. The van der Waals surface area contributed by atoms with E-state index in [1.807, 2.05) is 31.2 Å². The van der Waals surface area contributed by atoms with Crippen LogP contribution in [0.5, 0.6) is 5.75 Å². The van der Waals surface area contributed by atoms with Gasteiger partial charge >= 0.3 is 0 Å². The Balaban J connectivity index is 0.00000338. The van der Waals surface area contributed by atoms with Gasteiger partial charge < -0.3 is 20.7 Å². The number of nitrogens with zero attached hydrogens (tertiary/aromatic N) is 1. The zero-order valence-corrected chi connectivity index (χ0v) is 17.7. The third kappa shape index (κ3) is 7.67. The number of aryl methyl sites for hydroxylation is 1. The molecule has 1 amide bonds. The van der Waals surface area contributed by atoms with E-state index in [4.69, 9.17) is 10.5 Å². The van der Waals surface area contributed by atoms with Gasteiger partial charge in [-0.25, -0.2) is 0 Å². The molecule has 150 valence electrons. The minimum absolute atomic E-state index is 0. The maximum Gasteiger partial charge on any atom is 0.255 e. The average Bonchev–Trinajstić information content (AvgIpc) is 2.62. The second kappa shape index (κ2) is 12.4. The lowest BCUT2D eigenvalue weighted by molar-refractivity contribution is 0.102. The monoisotopic (exact) mass is 413 g/mol. The van der Waals surface area contributed by atoms with Crippen molar-refractivity contribution in [2.24, 2.45) is 0 Å². The maximum atomic E-state index is 12.4. The van der Waals surface area contributed by atoms with E-state index in [0.29, 0.717) is 17.9 Å². The van der Waals surface area contributed by atoms with E-state index in [1.54, 1.807) is 18.2 Å². The predicted octanol–water partition coefficient (Wildman–Crippen LogP) is 4.39. The SMILES string of the molecule is CCN(CC)CCOc1ccc(C(=O)Nc2cc(N)ccc2C)cc1.Cl.Cl. The number of likely N-dealkylation sites (N-methyl/N-ethyl adjacent to an activating group) is 1. The van der Waals surface area contributed by atoms with Gasteiger partial charge in [-0.3, -0.25) is 4.79 Å². The van der Waals surface area contributed by atoms with Crippen LogP contribution in [-0.4, -0.2) is 37.0 Å². The van der Waals surface area contributed by atoms with Crippen LogP contribution in [0.15, 0.2) is 42.5 Å². The van der Waals surface area contributed by atoms with E-state index in [1.165, 1.54) is 0 Å². The molecule has 0 aliphatic rings. The zero-order chi connectivity index (χ0) is 18.2. The van der Waals surface area contributed by atoms with Crippen molar-refractivity contribution in [2.75, 3.05) is 37.3 Å². The number of carbonyl (C=O) groups excluding carboxylic acids is 1. The molecule has 0 unspecified atom stereocenters. The molecule has 0 aliphatic carbocycles. The Morgan fingerprint density at radius 2 is 1.70 bits per heavy atom. The highest BCUT2D eigenvalue weighted by Crippen LogP contribution is 2.20. The third-order valence-corrected chi connectivity index (χ3v) is 4.20. The molecule has 0 spiro atoms. The van der Waals surface area contributed by atoms with Crippen LogP contribution in [-0.2, 0) is 0 Å². The molecule has 2 aromatic rings. The molecule has 5 nitrogen and oxygen atoms in total. The van der Waals surface area contributed by atoms with Gasteiger partial charge in [0.1, 0.15) is 12.4 Å². The minimum Gasteiger partial charge on any atom is -0.492 e. The summed E-state index contributed by atoms with van der Waals surface area (Å²) >= 11 is 0. The Kier molecular flexibility index (Phi) is 11.5. The Morgan fingerprint density at radius 1 is 1.07 bits per heavy atom. The summed E-state index contributed by atoms with van der Waals surface area (Å²) in [6.45, 7) is 9.77. The van der Waals surface area contributed by atoms with Crippen LogP contribution in [0.2, 0.25) is 0 Å². The Morgan fingerprint density at radius 3 is 2.30 bits per heavy atom. The molecule has 0 saturated heterocycles. The van der Waals surface area contributed by atoms with Crippen LogP contribution in [0.25, 0.3) is 0 Å². The van der Waals surface area contributed by atoms with E-state index in [0.717, 1.165) is 36.6 Å². The number of nitrogens with one attached hydrogen (secondary N) is 1. The van der Waals surface area contributed by atoms with Gasteiger partial charge in [0, 0.05) is 23.5 Å². The Bertz CT molecular complexity index is 705. The molecule has 0 atom stereocenters. The number of hydrogen-bond donors (Lipinski definition) is 2. The van der Waals surface area contributed by atoms with Crippen molar-refractivity contribution in [1.82, 2.24) is 4.90 Å². The van der Waals surface area contributed by atoms with Gasteiger partial charge in [0.15, 0.2) is 0 Å². The molecule has 2 rings (SSSR count). The molecule has 7 heteroatoms. The molecular weight excluding hydrogens is 385 g/mol. The van der Waals surface area contributed by atoms with Crippen molar-refractivity contribution >= 4 is 42.1 Å². The topological polar surface area (TPSA) is 67.6 Å². The fourth-order valence-electron chi connectivity index (χ4n) is 2.50. The molecule has 0 radical (unpaired) electrons. The van der Waals surface area contributed by atoms with Gasteiger partial charge in [-0.2, -0.15) is 0 Å². The third-order valence-electron chi connectivity index (χ3n) is 4.20. The van der Waals surface area contributed by atoms with Crippen LogP contribution < -0.4 is 15.8 Å². The highest BCUT2D eigenvalue weighted by Gasteiger charge is 2.08. The molecular formula is C20H29Cl2N3O2. The summed E-state index contributed by atoms with van der Waals surface area (Å²) in [7, 11) is 0. The number of nitrogens with two attached hydrogens (primary N) is 1. The van der Waals surface area contributed by atoms with Gasteiger partial charge in [0.05, 0.1) is 0 Å². The quantitative estimate of drug-likeness (QED) is 0.629. The Labute approximate surface area is 174 Å². The second-order valence-corrected chi connectivity index (χ2v) is 5.93. The van der Waals surface area contributed by atoms with Crippen LogP contribution >= 0.6 is 24.8 Å². The fourth-order valence-corrected chi connectivity index (χ4v) is 2.50. The maximum absolute atomic E-state index is 12.4. The number of anilines is 2. The first-order valence-electron chi connectivity index (χ1n) is 8.66. The van der Waals surface area contributed by atoms with E-state index < -0.39 is 0 Å². The first-order valence-corrected chi connectivity index (χ1v) is 8.66. The van der Waals surface area contributed by atoms with E-state index in [9.17, 15) is 4.79 Å². The van der Waals surface area contributed by atoms with Crippen molar-refractivity contribution in [3.8, 4) is 5.75 Å². The number of benzene rings is 2. The molecule has 27 heavy (non-hydrogen) atoms. The van der Waals surface area contributed by atoms with Crippen molar-refractivity contribution in [3.63, 3.8) is 0 Å². The summed E-state index contributed by atoms with van der Waals surface area (Å²) < 4.78 is 5.74. The average molecular weight is 414 g/mol. The van der Waals surface area contributed by atoms with Crippen LogP contribution in [0.1, 0.15) is 29.8 Å². The molecule has 0 fully saturated rings. The van der Waals surface area contributed by atoms with Crippen molar-refractivity contribution in [1.29, 1.82) is 0 Å². The number of ether oxygens (including phenoxy) is 1. The predicted molar refractivity (Wildman–Crippen MR) is 118 cm³/mol. The highest BCUT2D eigenvalue weighted by molar-refractivity contribution is 6.04. The molecule has 0 saturated carbocycles. The number of nitrogen functional groups attached to an aromatic ring is 1. The number of rotatable bonds is 8. The Hall–Kier alpha value is -1.95. The number of halogens is 2. The van der Waals surface area contributed by atoms with Gasteiger partial charge in [-0.15, -0.1) is 24.8 Å². The van der Waals surface area contributed by atoms with Crippen molar-refractivity contribution in [3.05, 3.63) is 53.6 Å². The standard InChI is InChI=1S/C20H27N3O2.2ClH/c1-4-23(5-2)12-13-25-18-10-7-16(8-11-18)20(24)22-19-14-17(21)9-6-15(19)3;;/h6-11,14H,4-5,12-13,21H2,1-3H3,(H,22,24);2*1H. The lowest BCUT2D eigenvalue weighted by atomic mass is 10.1. The fraction of sp³-hybridized carbons (Fsp3) is 0.350. The molecule has 0 aromatic heterocycles. The summed E-state index contributed by atoms with van der Waals surface area (Å²) in [6, 6.07) is 12.6. The molecule has 3 N–H and O–H groups in total. The van der Waals surface area contributed by atoms with Crippen molar-refractivity contribution < 1.29 is 9.53 Å². The number of carbonyl (C=O) groups is 1. The van der Waals surface area contributed by atoms with E-state index in [-0.39, 0.29) is 30.7 Å².